The van der Waals surface area contributed by atoms with Gasteiger partial charge >= 0.3 is 0 Å². The Morgan fingerprint density at radius 1 is 1.09 bits per heavy atom. The number of hydrogen-bond donors (Lipinski definition) is 1. The Labute approximate surface area is 212 Å². The second-order valence-corrected chi connectivity index (χ2v) is 11.8. The molecule has 0 radical (unpaired) electrons. The summed E-state index contributed by atoms with van der Waals surface area (Å²) in [4.78, 5) is 27.6. The molecule has 2 amide bonds. The molecule has 0 saturated heterocycles. The van der Waals surface area contributed by atoms with Gasteiger partial charge in [0, 0.05) is 30.1 Å². The third-order valence-electron chi connectivity index (χ3n) is 5.23. The Hall–Kier alpha value is -2.65. The van der Waals surface area contributed by atoms with Crippen LogP contribution in [0.3, 0.4) is 0 Å². The van der Waals surface area contributed by atoms with Crippen LogP contribution in [0, 0.1) is 5.82 Å². The first-order valence-electron chi connectivity index (χ1n) is 11.3. The summed E-state index contributed by atoms with van der Waals surface area (Å²) in [7, 11) is -3.65. The average Bonchev–Trinajstić information content (AvgIpc) is 2.74. The second kappa shape index (κ2) is 11.9. The number of benzene rings is 2. The monoisotopic (exact) mass is 525 g/mol. The topological polar surface area (TPSA) is 86.8 Å². The zero-order chi connectivity index (χ0) is 26.4. The molecule has 0 fully saturated rings. The number of rotatable bonds is 10. The van der Waals surface area contributed by atoms with Crippen LogP contribution in [0.15, 0.2) is 48.5 Å². The van der Waals surface area contributed by atoms with E-state index in [9.17, 15) is 22.4 Å². The summed E-state index contributed by atoms with van der Waals surface area (Å²) in [5.74, 6) is -1.09. The van der Waals surface area contributed by atoms with Gasteiger partial charge < -0.3 is 10.2 Å². The first-order valence-corrected chi connectivity index (χ1v) is 13.5. The number of nitrogens with one attached hydrogen (secondary N) is 1. The van der Waals surface area contributed by atoms with Crippen LogP contribution in [0.25, 0.3) is 0 Å². The quantitative estimate of drug-likeness (QED) is 0.499. The van der Waals surface area contributed by atoms with Crippen LogP contribution < -0.4 is 9.62 Å². The van der Waals surface area contributed by atoms with Gasteiger partial charge in [0.2, 0.25) is 21.8 Å². The van der Waals surface area contributed by atoms with Crippen LogP contribution in [-0.4, -0.2) is 49.5 Å². The van der Waals surface area contributed by atoms with E-state index in [1.165, 1.54) is 29.2 Å². The van der Waals surface area contributed by atoms with Crippen LogP contribution in [0.4, 0.5) is 10.1 Å². The predicted octanol–water partition coefficient (Wildman–Crippen LogP) is 4.36. The largest absolute Gasteiger partial charge is 0.350 e. The van der Waals surface area contributed by atoms with Crippen molar-refractivity contribution in [3.8, 4) is 0 Å². The summed E-state index contributed by atoms with van der Waals surface area (Å²) in [6, 6.07) is 11.4. The smallest absolute Gasteiger partial charge is 0.242 e. The van der Waals surface area contributed by atoms with Gasteiger partial charge in [0.25, 0.3) is 0 Å². The van der Waals surface area contributed by atoms with Gasteiger partial charge in [-0.2, -0.15) is 0 Å². The Balaban J connectivity index is 2.19. The van der Waals surface area contributed by atoms with Crippen LogP contribution in [0.2, 0.25) is 5.02 Å². The summed E-state index contributed by atoms with van der Waals surface area (Å²) < 4.78 is 39.0. The van der Waals surface area contributed by atoms with Crippen molar-refractivity contribution in [3.05, 3.63) is 64.9 Å². The molecule has 2 rings (SSSR count). The lowest BCUT2D eigenvalue weighted by molar-refractivity contribution is -0.141. The number of amides is 2. The van der Waals surface area contributed by atoms with Crippen molar-refractivity contribution in [2.45, 2.75) is 58.7 Å². The van der Waals surface area contributed by atoms with Crippen molar-refractivity contribution >= 4 is 39.1 Å². The van der Waals surface area contributed by atoms with Gasteiger partial charge in [-0.3, -0.25) is 13.9 Å². The lowest BCUT2D eigenvalue weighted by atomic mass is 10.1. The van der Waals surface area contributed by atoms with Crippen molar-refractivity contribution in [3.63, 3.8) is 0 Å². The van der Waals surface area contributed by atoms with E-state index < -0.39 is 27.4 Å². The molecule has 0 aliphatic rings. The fraction of sp³-hybridized carbons (Fsp3) is 0.440. The molecule has 192 valence electrons. The number of nitrogens with zero attached hydrogens (tertiary/aromatic N) is 2. The molecule has 1 atom stereocenters. The highest BCUT2D eigenvalue weighted by molar-refractivity contribution is 7.92. The highest BCUT2D eigenvalue weighted by Gasteiger charge is 2.29. The molecule has 0 aliphatic carbocycles. The summed E-state index contributed by atoms with van der Waals surface area (Å²) in [5.41, 5.74) is 0.532. The highest BCUT2D eigenvalue weighted by atomic mass is 35.5. The van der Waals surface area contributed by atoms with Gasteiger partial charge in [0.05, 0.1) is 11.9 Å². The number of halogens is 2. The lowest BCUT2D eigenvalue weighted by Crippen LogP contribution is -2.52. The second-order valence-electron chi connectivity index (χ2n) is 9.44. The minimum Gasteiger partial charge on any atom is -0.350 e. The summed E-state index contributed by atoms with van der Waals surface area (Å²) >= 11 is 6.30. The predicted molar refractivity (Wildman–Crippen MR) is 137 cm³/mol. The third kappa shape index (κ3) is 8.81. The van der Waals surface area contributed by atoms with E-state index in [0.29, 0.717) is 16.3 Å². The van der Waals surface area contributed by atoms with Crippen LogP contribution in [-0.2, 0) is 26.2 Å². The van der Waals surface area contributed by atoms with Gasteiger partial charge in [-0.1, -0.05) is 29.8 Å². The van der Waals surface area contributed by atoms with Gasteiger partial charge in [-0.15, -0.1) is 0 Å². The van der Waals surface area contributed by atoms with E-state index in [-0.39, 0.29) is 37.7 Å². The number of hydrogen-bond acceptors (Lipinski definition) is 4. The first kappa shape index (κ1) is 28.6. The highest BCUT2D eigenvalue weighted by Crippen LogP contribution is 2.21. The molecule has 0 bridgehead atoms. The summed E-state index contributed by atoms with van der Waals surface area (Å²) in [6.45, 7) is 7.37. The van der Waals surface area contributed by atoms with E-state index in [1.807, 2.05) is 20.8 Å². The molecule has 1 unspecified atom stereocenters. The molecule has 0 saturated carbocycles. The third-order valence-corrected chi connectivity index (χ3v) is 6.79. The van der Waals surface area contributed by atoms with Gasteiger partial charge in [-0.25, -0.2) is 12.8 Å². The molecule has 7 nitrogen and oxygen atoms in total. The van der Waals surface area contributed by atoms with Gasteiger partial charge in [0.1, 0.15) is 11.9 Å². The van der Waals surface area contributed by atoms with Crippen LogP contribution in [0.1, 0.15) is 46.1 Å². The zero-order valence-corrected chi connectivity index (χ0v) is 22.3. The molecular formula is C25H33ClFN3O4S. The fourth-order valence-electron chi connectivity index (χ4n) is 3.48. The minimum atomic E-state index is -3.65. The Morgan fingerprint density at radius 3 is 2.23 bits per heavy atom. The Bertz CT molecular complexity index is 1130. The molecule has 2 aromatic carbocycles. The average molecular weight is 526 g/mol. The maximum atomic E-state index is 13.3. The number of carbonyl (C=O) groups excluding carboxylic acids is 2. The SMILES string of the molecule is CC(C(=O)NC(C)(C)C)N(Cc1ccccc1Cl)C(=O)CCCN(c1ccc(F)cc1)S(C)(=O)=O. The van der Waals surface area contributed by atoms with Crippen molar-refractivity contribution in [1.82, 2.24) is 10.2 Å². The number of sulfonamides is 1. The molecule has 1 N–H and O–H groups in total. The standard InChI is InChI=1S/C25H33ClFN3O4S/c1-18(24(32)28-25(2,3)4)29(17-19-9-6-7-10-22(19)26)23(31)11-8-16-30(35(5,33)34)21-14-12-20(27)13-15-21/h6-7,9-10,12-15,18H,8,11,16-17H2,1-5H3,(H,28,32). The normalized spacial score (nSPS) is 12.7. The maximum absolute atomic E-state index is 13.3. The van der Waals surface area contributed by atoms with E-state index in [1.54, 1.807) is 31.2 Å². The van der Waals surface area contributed by atoms with E-state index in [0.717, 1.165) is 10.6 Å². The van der Waals surface area contributed by atoms with Crippen LogP contribution in [0.5, 0.6) is 0 Å². The van der Waals surface area contributed by atoms with Gasteiger partial charge in [0.15, 0.2) is 0 Å². The first-order chi connectivity index (χ1) is 16.2. The summed E-state index contributed by atoms with van der Waals surface area (Å²) in [5, 5.41) is 3.37. The lowest BCUT2D eigenvalue weighted by Gasteiger charge is -2.32. The Morgan fingerprint density at radius 2 is 1.69 bits per heavy atom. The number of anilines is 1. The van der Waals surface area contributed by atoms with Crippen molar-refractivity contribution in [2.24, 2.45) is 0 Å². The van der Waals surface area contributed by atoms with Crippen LogP contribution >= 0.6 is 11.6 Å². The van der Waals surface area contributed by atoms with E-state index in [4.69, 9.17) is 11.6 Å². The molecule has 0 aliphatic heterocycles. The molecule has 10 heteroatoms. The molecule has 2 aromatic rings. The Kier molecular flexibility index (Phi) is 9.68. The molecule has 0 heterocycles. The fourth-order valence-corrected chi connectivity index (χ4v) is 4.64. The van der Waals surface area contributed by atoms with Crippen molar-refractivity contribution < 1.29 is 22.4 Å². The molecule has 0 aromatic heterocycles. The zero-order valence-electron chi connectivity index (χ0n) is 20.7. The maximum Gasteiger partial charge on any atom is 0.242 e. The number of carbonyl (C=O) groups is 2. The molecular weight excluding hydrogens is 493 g/mol. The van der Waals surface area contributed by atoms with Crippen molar-refractivity contribution in [2.75, 3.05) is 17.1 Å². The van der Waals surface area contributed by atoms with Gasteiger partial charge in [-0.05, 0) is 70.0 Å². The minimum absolute atomic E-state index is 0.00477. The summed E-state index contributed by atoms with van der Waals surface area (Å²) in [6.07, 6.45) is 1.27. The van der Waals surface area contributed by atoms with E-state index >= 15 is 0 Å². The molecule has 35 heavy (non-hydrogen) atoms. The van der Waals surface area contributed by atoms with E-state index in [2.05, 4.69) is 5.32 Å². The molecule has 0 spiro atoms. The van der Waals surface area contributed by atoms with Crippen molar-refractivity contribution in [1.29, 1.82) is 0 Å².